The quantitative estimate of drug-likeness (QED) is 0.845. The average molecular weight is 317 g/mol. The van der Waals surface area contributed by atoms with Crippen LogP contribution in [0.1, 0.15) is 25.3 Å². The SMILES string of the molecule is CCS(=O)(=O)c1ccc(C)c(S(=O)(=O)N2CCCC2)c1. The average Bonchev–Trinajstić information content (AvgIpc) is 2.93. The van der Waals surface area contributed by atoms with E-state index in [1.165, 1.54) is 16.4 Å². The molecule has 1 aromatic carbocycles. The number of nitrogens with zero attached hydrogens (tertiary/aromatic N) is 1. The molecular formula is C13H19NO4S2. The molecule has 7 heteroatoms. The van der Waals surface area contributed by atoms with E-state index < -0.39 is 19.9 Å². The molecule has 0 saturated carbocycles. The Kier molecular flexibility index (Phi) is 4.22. The Labute approximate surface area is 120 Å². The Morgan fingerprint density at radius 3 is 2.25 bits per heavy atom. The van der Waals surface area contributed by atoms with Gasteiger partial charge in [0.1, 0.15) is 0 Å². The lowest BCUT2D eigenvalue weighted by molar-refractivity contribution is 0.477. The zero-order chi connectivity index (χ0) is 15.0. The summed E-state index contributed by atoms with van der Waals surface area (Å²) in [7, 11) is -7.00. The molecular weight excluding hydrogens is 298 g/mol. The van der Waals surface area contributed by atoms with Gasteiger partial charge in [-0.05, 0) is 37.5 Å². The van der Waals surface area contributed by atoms with Gasteiger partial charge in [0.05, 0.1) is 15.5 Å². The molecule has 0 atom stereocenters. The maximum atomic E-state index is 12.6. The van der Waals surface area contributed by atoms with Crippen LogP contribution in [0.25, 0.3) is 0 Å². The van der Waals surface area contributed by atoms with Crippen molar-refractivity contribution >= 4 is 19.9 Å². The van der Waals surface area contributed by atoms with Gasteiger partial charge < -0.3 is 0 Å². The third-order valence-electron chi connectivity index (χ3n) is 3.58. The smallest absolute Gasteiger partial charge is 0.224 e. The Balaban J connectivity index is 2.54. The number of sulfone groups is 1. The molecule has 1 aliphatic heterocycles. The van der Waals surface area contributed by atoms with E-state index >= 15 is 0 Å². The third kappa shape index (κ3) is 2.75. The van der Waals surface area contributed by atoms with Crippen LogP contribution in [0.2, 0.25) is 0 Å². The van der Waals surface area contributed by atoms with Crippen LogP contribution in [0, 0.1) is 6.92 Å². The van der Waals surface area contributed by atoms with Crippen molar-refractivity contribution in [3.63, 3.8) is 0 Å². The van der Waals surface area contributed by atoms with Crippen molar-refractivity contribution < 1.29 is 16.8 Å². The van der Waals surface area contributed by atoms with Gasteiger partial charge in [-0.2, -0.15) is 4.31 Å². The molecule has 1 heterocycles. The van der Waals surface area contributed by atoms with E-state index in [0.717, 1.165) is 12.8 Å². The van der Waals surface area contributed by atoms with Gasteiger partial charge in [0.2, 0.25) is 10.0 Å². The largest absolute Gasteiger partial charge is 0.243 e. The maximum Gasteiger partial charge on any atom is 0.243 e. The Hall–Kier alpha value is -0.920. The summed E-state index contributed by atoms with van der Waals surface area (Å²) in [6, 6.07) is 4.32. The summed E-state index contributed by atoms with van der Waals surface area (Å²) < 4.78 is 50.3. The molecule has 1 saturated heterocycles. The first-order chi connectivity index (χ1) is 9.29. The number of hydrogen-bond acceptors (Lipinski definition) is 4. The molecule has 0 N–H and O–H groups in total. The van der Waals surface area contributed by atoms with Gasteiger partial charge in [-0.15, -0.1) is 0 Å². The normalized spacial score (nSPS) is 17.5. The summed E-state index contributed by atoms with van der Waals surface area (Å²) in [5.74, 6) is -0.0424. The van der Waals surface area contributed by atoms with Crippen LogP contribution in [0.5, 0.6) is 0 Å². The van der Waals surface area contributed by atoms with Gasteiger partial charge in [0.15, 0.2) is 9.84 Å². The fourth-order valence-electron chi connectivity index (χ4n) is 2.29. The number of rotatable bonds is 4. The molecule has 2 rings (SSSR count). The van der Waals surface area contributed by atoms with Crippen molar-refractivity contribution in [2.24, 2.45) is 0 Å². The molecule has 0 aliphatic carbocycles. The van der Waals surface area contributed by atoms with Gasteiger partial charge in [-0.3, -0.25) is 0 Å². The third-order valence-corrected chi connectivity index (χ3v) is 7.35. The molecule has 0 spiro atoms. The fraction of sp³-hybridized carbons (Fsp3) is 0.538. The zero-order valence-electron chi connectivity index (χ0n) is 11.7. The molecule has 1 fully saturated rings. The molecule has 1 aromatic rings. The minimum atomic E-state index is -3.59. The second kappa shape index (κ2) is 5.46. The summed E-state index contributed by atoms with van der Waals surface area (Å²) >= 11 is 0. The van der Waals surface area contributed by atoms with Gasteiger partial charge >= 0.3 is 0 Å². The van der Waals surface area contributed by atoms with Crippen LogP contribution in [0.15, 0.2) is 28.0 Å². The van der Waals surface area contributed by atoms with E-state index in [2.05, 4.69) is 0 Å². The molecule has 5 nitrogen and oxygen atoms in total. The Morgan fingerprint density at radius 1 is 1.10 bits per heavy atom. The second-order valence-electron chi connectivity index (χ2n) is 4.94. The lowest BCUT2D eigenvalue weighted by atomic mass is 10.2. The summed E-state index contributed by atoms with van der Waals surface area (Å²) in [4.78, 5) is 0.178. The van der Waals surface area contributed by atoms with Crippen LogP contribution in [0.4, 0.5) is 0 Å². The van der Waals surface area contributed by atoms with Crippen molar-refractivity contribution in [2.45, 2.75) is 36.5 Å². The lowest BCUT2D eigenvalue weighted by Gasteiger charge is -2.17. The number of hydrogen-bond donors (Lipinski definition) is 0. The lowest BCUT2D eigenvalue weighted by Crippen LogP contribution is -2.28. The van der Waals surface area contributed by atoms with Crippen LogP contribution >= 0.6 is 0 Å². The molecule has 0 unspecified atom stereocenters. The van der Waals surface area contributed by atoms with E-state index in [0.29, 0.717) is 18.7 Å². The molecule has 0 amide bonds. The molecule has 0 aromatic heterocycles. The standard InChI is InChI=1S/C13H19NO4S2/c1-3-19(15,16)12-7-6-11(2)13(10-12)20(17,18)14-8-4-5-9-14/h6-7,10H,3-5,8-9H2,1-2H3. The molecule has 20 heavy (non-hydrogen) atoms. The highest BCUT2D eigenvalue weighted by atomic mass is 32.2. The van der Waals surface area contributed by atoms with Crippen molar-refractivity contribution in [3.8, 4) is 0 Å². The predicted molar refractivity (Wildman–Crippen MR) is 76.9 cm³/mol. The number of aryl methyl sites for hydroxylation is 1. The van der Waals surface area contributed by atoms with E-state index in [1.807, 2.05) is 0 Å². The summed E-state index contributed by atoms with van der Waals surface area (Å²) in [6.07, 6.45) is 1.70. The fourth-order valence-corrected chi connectivity index (χ4v) is 5.03. The van der Waals surface area contributed by atoms with E-state index in [9.17, 15) is 16.8 Å². The van der Waals surface area contributed by atoms with Crippen LogP contribution in [-0.4, -0.2) is 40.0 Å². The minimum absolute atomic E-state index is 0.0424. The first-order valence-corrected chi connectivity index (χ1v) is 9.72. The summed E-state index contributed by atoms with van der Waals surface area (Å²) in [5, 5.41) is 0. The maximum absolute atomic E-state index is 12.6. The first-order valence-electron chi connectivity index (χ1n) is 6.62. The van der Waals surface area contributed by atoms with Crippen molar-refractivity contribution in [3.05, 3.63) is 23.8 Å². The molecule has 1 aliphatic rings. The predicted octanol–water partition coefficient (Wildman–Crippen LogP) is 1.57. The summed E-state index contributed by atoms with van der Waals surface area (Å²) in [5.41, 5.74) is 0.576. The molecule has 0 bridgehead atoms. The van der Waals surface area contributed by atoms with E-state index in [1.54, 1.807) is 19.9 Å². The van der Waals surface area contributed by atoms with Crippen molar-refractivity contribution in [1.29, 1.82) is 0 Å². The Bertz CT molecular complexity index is 702. The number of sulfonamides is 1. The van der Waals surface area contributed by atoms with Gasteiger partial charge in [0, 0.05) is 13.1 Å². The minimum Gasteiger partial charge on any atom is -0.224 e. The Morgan fingerprint density at radius 2 is 1.70 bits per heavy atom. The first kappa shape index (κ1) is 15.5. The highest BCUT2D eigenvalue weighted by Gasteiger charge is 2.29. The highest BCUT2D eigenvalue weighted by molar-refractivity contribution is 7.91. The van der Waals surface area contributed by atoms with E-state index in [4.69, 9.17) is 0 Å². The van der Waals surface area contributed by atoms with Gasteiger partial charge in [-0.1, -0.05) is 13.0 Å². The van der Waals surface area contributed by atoms with Gasteiger partial charge in [0.25, 0.3) is 0 Å². The van der Waals surface area contributed by atoms with Crippen LogP contribution in [-0.2, 0) is 19.9 Å². The van der Waals surface area contributed by atoms with Crippen molar-refractivity contribution in [1.82, 2.24) is 4.31 Å². The second-order valence-corrected chi connectivity index (χ2v) is 9.13. The van der Waals surface area contributed by atoms with Crippen LogP contribution < -0.4 is 0 Å². The zero-order valence-corrected chi connectivity index (χ0v) is 13.3. The van der Waals surface area contributed by atoms with Gasteiger partial charge in [-0.25, -0.2) is 16.8 Å². The topological polar surface area (TPSA) is 71.5 Å². The summed E-state index contributed by atoms with van der Waals surface area (Å²) in [6.45, 7) is 4.24. The molecule has 112 valence electrons. The van der Waals surface area contributed by atoms with Crippen molar-refractivity contribution in [2.75, 3.05) is 18.8 Å². The number of benzene rings is 1. The van der Waals surface area contributed by atoms with E-state index in [-0.39, 0.29) is 15.5 Å². The monoisotopic (exact) mass is 317 g/mol. The highest BCUT2D eigenvalue weighted by Crippen LogP contribution is 2.26. The van der Waals surface area contributed by atoms with Crippen LogP contribution in [0.3, 0.4) is 0 Å². The molecule has 0 radical (unpaired) electrons.